The van der Waals surface area contributed by atoms with Crippen molar-refractivity contribution in [3.8, 4) is 6.07 Å². The summed E-state index contributed by atoms with van der Waals surface area (Å²) in [6.45, 7) is 0.916. The molecule has 2 fully saturated rings. The van der Waals surface area contributed by atoms with Crippen molar-refractivity contribution in [2.24, 2.45) is 0 Å². The summed E-state index contributed by atoms with van der Waals surface area (Å²) in [5.74, 6) is -0.0844. The lowest BCUT2D eigenvalue weighted by atomic mass is 10.00. The Labute approximate surface area is 108 Å². The lowest BCUT2D eigenvalue weighted by molar-refractivity contribution is -0.123. The maximum atomic E-state index is 12.0. The summed E-state index contributed by atoms with van der Waals surface area (Å²) in [6.07, 6.45) is 5.76. The fourth-order valence-corrected chi connectivity index (χ4v) is 2.69. The summed E-state index contributed by atoms with van der Waals surface area (Å²) >= 11 is 0. The van der Waals surface area contributed by atoms with Crippen LogP contribution in [0.4, 0.5) is 0 Å². The van der Waals surface area contributed by atoms with E-state index in [4.69, 9.17) is 5.11 Å². The maximum absolute atomic E-state index is 12.0. The van der Waals surface area contributed by atoms with Crippen molar-refractivity contribution in [1.82, 2.24) is 10.2 Å². The van der Waals surface area contributed by atoms with Crippen molar-refractivity contribution in [1.29, 1.82) is 5.26 Å². The molecule has 0 atom stereocenters. The molecule has 2 N–H and O–H groups in total. The van der Waals surface area contributed by atoms with E-state index >= 15 is 0 Å². The molecule has 0 aromatic rings. The third-order valence-corrected chi connectivity index (χ3v) is 3.85. The third-order valence-electron chi connectivity index (χ3n) is 3.85. The molecule has 5 heteroatoms. The van der Waals surface area contributed by atoms with E-state index in [9.17, 15) is 10.1 Å². The average Bonchev–Trinajstić information content (AvgIpc) is 3.10. The molecule has 0 spiro atoms. The smallest absolute Gasteiger partial charge is 0.235 e. The van der Waals surface area contributed by atoms with E-state index in [2.05, 4.69) is 11.4 Å². The van der Waals surface area contributed by atoms with Crippen LogP contribution in [0.5, 0.6) is 0 Å². The Hall–Kier alpha value is -1.12. The number of carbonyl (C=O) groups is 1. The van der Waals surface area contributed by atoms with Gasteiger partial charge in [-0.25, -0.2) is 0 Å². The molecule has 2 aliphatic carbocycles. The second-order valence-corrected chi connectivity index (χ2v) is 5.37. The first kappa shape index (κ1) is 13.3. The van der Waals surface area contributed by atoms with E-state index in [0.717, 1.165) is 38.5 Å². The molecule has 0 aromatic heterocycles. The van der Waals surface area contributed by atoms with E-state index in [1.54, 1.807) is 0 Å². The van der Waals surface area contributed by atoms with Gasteiger partial charge in [0.1, 0.15) is 5.54 Å². The number of hydrogen-bond acceptors (Lipinski definition) is 4. The van der Waals surface area contributed by atoms with Crippen LogP contribution in [0.3, 0.4) is 0 Å². The van der Waals surface area contributed by atoms with Crippen LogP contribution in [0.1, 0.15) is 38.5 Å². The number of aliphatic hydroxyl groups is 1. The quantitative estimate of drug-likeness (QED) is 0.716. The van der Waals surface area contributed by atoms with Gasteiger partial charge in [0.2, 0.25) is 5.91 Å². The number of nitrogens with one attached hydrogen (secondary N) is 1. The zero-order valence-electron chi connectivity index (χ0n) is 10.7. The van der Waals surface area contributed by atoms with Crippen LogP contribution in [-0.2, 0) is 4.79 Å². The van der Waals surface area contributed by atoms with E-state index in [0.29, 0.717) is 19.1 Å². The highest BCUT2D eigenvalue weighted by molar-refractivity contribution is 5.79. The fraction of sp³-hybridized carbons (Fsp3) is 0.846. The summed E-state index contributed by atoms with van der Waals surface area (Å²) < 4.78 is 0. The molecule has 0 aliphatic heterocycles. The molecule has 2 aliphatic rings. The van der Waals surface area contributed by atoms with Gasteiger partial charge in [-0.1, -0.05) is 0 Å². The van der Waals surface area contributed by atoms with Gasteiger partial charge >= 0.3 is 0 Å². The van der Waals surface area contributed by atoms with Crippen molar-refractivity contribution in [2.45, 2.75) is 50.1 Å². The van der Waals surface area contributed by atoms with Gasteiger partial charge in [-0.3, -0.25) is 9.69 Å². The van der Waals surface area contributed by atoms with Crippen LogP contribution in [0.15, 0.2) is 0 Å². The highest BCUT2D eigenvalue weighted by Gasteiger charge is 2.36. The molecule has 100 valence electrons. The highest BCUT2D eigenvalue weighted by Crippen LogP contribution is 2.29. The molecule has 0 saturated heterocycles. The minimum Gasteiger partial charge on any atom is -0.395 e. The summed E-state index contributed by atoms with van der Waals surface area (Å²) in [5.41, 5.74) is -0.633. The van der Waals surface area contributed by atoms with Crippen LogP contribution < -0.4 is 5.32 Å². The van der Waals surface area contributed by atoms with Crippen LogP contribution in [-0.4, -0.2) is 47.2 Å². The second-order valence-electron chi connectivity index (χ2n) is 5.37. The molecule has 5 nitrogen and oxygen atoms in total. The number of nitriles is 1. The topological polar surface area (TPSA) is 76.4 Å². The van der Waals surface area contributed by atoms with Crippen molar-refractivity contribution in [3.63, 3.8) is 0 Å². The molecule has 0 unspecified atom stereocenters. The largest absolute Gasteiger partial charge is 0.395 e. The first-order valence-corrected chi connectivity index (χ1v) is 6.76. The standard InChI is InChI=1S/C13H21N3O2/c14-10-13(5-1-2-6-13)15-12(18)9-16(7-8-17)11-3-4-11/h11,17H,1-9H2,(H,15,18). The fourth-order valence-electron chi connectivity index (χ4n) is 2.69. The number of hydrogen-bond donors (Lipinski definition) is 2. The number of nitrogens with zero attached hydrogens (tertiary/aromatic N) is 2. The molecule has 0 radical (unpaired) electrons. The first-order chi connectivity index (χ1) is 8.69. The SMILES string of the molecule is N#CC1(NC(=O)CN(CCO)C2CC2)CCCC1. The Balaban J connectivity index is 1.85. The van der Waals surface area contributed by atoms with E-state index < -0.39 is 5.54 Å². The number of aliphatic hydroxyl groups excluding tert-OH is 1. The van der Waals surface area contributed by atoms with Crippen molar-refractivity contribution >= 4 is 5.91 Å². The first-order valence-electron chi connectivity index (χ1n) is 6.76. The Morgan fingerprint density at radius 1 is 1.44 bits per heavy atom. The number of rotatable bonds is 6. The molecular formula is C13H21N3O2. The molecule has 0 heterocycles. The van der Waals surface area contributed by atoms with E-state index in [1.165, 1.54) is 0 Å². The molecule has 18 heavy (non-hydrogen) atoms. The average molecular weight is 251 g/mol. The van der Waals surface area contributed by atoms with Gasteiger partial charge in [0, 0.05) is 12.6 Å². The second kappa shape index (κ2) is 5.68. The zero-order valence-corrected chi connectivity index (χ0v) is 10.7. The van der Waals surface area contributed by atoms with Crippen molar-refractivity contribution < 1.29 is 9.90 Å². The highest BCUT2D eigenvalue weighted by atomic mass is 16.3. The summed E-state index contributed by atoms with van der Waals surface area (Å²) in [5, 5.41) is 21.1. The summed E-state index contributed by atoms with van der Waals surface area (Å²) in [4.78, 5) is 14.0. The monoisotopic (exact) mass is 251 g/mol. The molecular weight excluding hydrogens is 230 g/mol. The van der Waals surface area contributed by atoms with Crippen LogP contribution in [0, 0.1) is 11.3 Å². The van der Waals surface area contributed by atoms with E-state index in [1.807, 2.05) is 4.90 Å². The molecule has 2 rings (SSSR count). The number of carbonyl (C=O) groups excluding carboxylic acids is 1. The Morgan fingerprint density at radius 2 is 2.11 bits per heavy atom. The molecule has 0 bridgehead atoms. The van der Waals surface area contributed by atoms with Crippen LogP contribution in [0.25, 0.3) is 0 Å². The minimum atomic E-state index is -0.633. The van der Waals surface area contributed by atoms with Crippen LogP contribution >= 0.6 is 0 Å². The van der Waals surface area contributed by atoms with E-state index in [-0.39, 0.29) is 12.5 Å². The minimum absolute atomic E-state index is 0.0766. The molecule has 0 aromatic carbocycles. The Morgan fingerprint density at radius 3 is 2.61 bits per heavy atom. The Bertz CT molecular complexity index is 341. The van der Waals surface area contributed by atoms with Gasteiger partial charge in [0.25, 0.3) is 0 Å². The summed E-state index contributed by atoms with van der Waals surface area (Å²) in [6, 6.07) is 2.71. The van der Waals surface area contributed by atoms with Gasteiger partial charge in [0.15, 0.2) is 0 Å². The maximum Gasteiger partial charge on any atom is 0.235 e. The Kier molecular flexibility index (Phi) is 4.20. The van der Waals surface area contributed by atoms with Gasteiger partial charge in [-0.2, -0.15) is 5.26 Å². The van der Waals surface area contributed by atoms with Crippen LogP contribution in [0.2, 0.25) is 0 Å². The predicted molar refractivity (Wildman–Crippen MR) is 66.6 cm³/mol. The van der Waals surface area contributed by atoms with Crippen molar-refractivity contribution in [2.75, 3.05) is 19.7 Å². The lowest BCUT2D eigenvalue weighted by Gasteiger charge is -2.25. The molecule has 1 amide bonds. The van der Waals surface area contributed by atoms with Crippen molar-refractivity contribution in [3.05, 3.63) is 0 Å². The normalized spacial score (nSPS) is 21.8. The lowest BCUT2D eigenvalue weighted by Crippen LogP contribution is -2.49. The van der Waals surface area contributed by atoms with Gasteiger partial charge in [-0.15, -0.1) is 0 Å². The predicted octanol–water partition coefficient (Wildman–Crippen LogP) is 0.396. The van der Waals surface area contributed by atoms with Gasteiger partial charge < -0.3 is 10.4 Å². The van der Waals surface area contributed by atoms with Gasteiger partial charge in [-0.05, 0) is 38.5 Å². The summed E-state index contributed by atoms with van der Waals surface area (Å²) in [7, 11) is 0. The third kappa shape index (κ3) is 3.21. The molecule has 2 saturated carbocycles. The number of amides is 1. The zero-order chi connectivity index (χ0) is 13.0. The van der Waals surface area contributed by atoms with Gasteiger partial charge in [0.05, 0.1) is 19.2 Å².